The van der Waals surface area contributed by atoms with Crippen LogP contribution in [0.4, 0.5) is 0 Å². The van der Waals surface area contributed by atoms with E-state index in [4.69, 9.17) is 9.47 Å². The third-order valence-electron chi connectivity index (χ3n) is 8.45. The number of rotatable bonds is 6. The Morgan fingerprint density at radius 3 is 1.62 bits per heavy atom. The Hall–Kier alpha value is -3.96. The minimum absolute atomic E-state index is 0.220. The highest BCUT2D eigenvalue weighted by Crippen LogP contribution is 2.53. The van der Waals surface area contributed by atoms with Crippen LogP contribution in [0.15, 0.2) is 157 Å². The second-order valence-electron chi connectivity index (χ2n) is 11.4. The smallest absolute Gasteiger partial charge is 0.127 e. The average Bonchev–Trinajstić information content (AvgIpc) is 3.14. The molecule has 0 saturated heterocycles. The molecule has 45 heavy (non-hydrogen) atoms. The fourth-order valence-electron chi connectivity index (χ4n) is 6.44. The molecular formula is C41H38O2P2. The van der Waals surface area contributed by atoms with Crippen LogP contribution in [0.2, 0.25) is 0 Å². The lowest BCUT2D eigenvalue weighted by Crippen LogP contribution is -2.29. The largest absolute Gasteiger partial charge is 0.493 e. The summed E-state index contributed by atoms with van der Waals surface area (Å²) in [6.07, 6.45) is 8.65. The molecule has 5 aromatic rings. The molecule has 1 heterocycles. The normalized spacial score (nSPS) is 16.7. The maximum Gasteiger partial charge on any atom is 0.127 e. The first-order chi connectivity index (χ1) is 22.4. The van der Waals surface area contributed by atoms with Crippen molar-refractivity contribution in [2.24, 2.45) is 0 Å². The monoisotopic (exact) mass is 624 g/mol. The van der Waals surface area contributed by atoms with Crippen molar-refractivity contribution in [2.45, 2.75) is 31.3 Å². The molecule has 0 radical (unpaired) electrons. The lowest BCUT2D eigenvalue weighted by atomic mass is 9.94. The van der Waals surface area contributed by atoms with Crippen molar-refractivity contribution in [3.8, 4) is 5.75 Å². The number of ether oxygens (including phenoxy) is 2. The Kier molecular flexibility index (Phi) is 9.53. The van der Waals surface area contributed by atoms with Gasteiger partial charge >= 0.3 is 0 Å². The van der Waals surface area contributed by atoms with Gasteiger partial charge in [0.15, 0.2) is 0 Å². The molecule has 1 atom stereocenters. The molecule has 2 nitrogen and oxygen atoms in total. The Morgan fingerprint density at radius 1 is 0.511 bits per heavy atom. The zero-order valence-corrected chi connectivity index (χ0v) is 27.3. The van der Waals surface area contributed by atoms with Crippen molar-refractivity contribution >= 4 is 47.9 Å². The third kappa shape index (κ3) is 6.55. The lowest BCUT2D eigenvalue weighted by molar-refractivity contribution is 0.214. The second-order valence-corrected chi connectivity index (χ2v) is 16.0. The maximum absolute atomic E-state index is 6.79. The Labute approximate surface area is 270 Å². The van der Waals surface area contributed by atoms with Gasteiger partial charge in [-0.15, -0.1) is 0 Å². The molecule has 0 aromatic heterocycles. The predicted octanol–water partition coefficient (Wildman–Crippen LogP) is 8.20. The van der Waals surface area contributed by atoms with E-state index in [1.807, 2.05) is 0 Å². The van der Waals surface area contributed by atoms with Crippen molar-refractivity contribution in [3.63, 3.8) is 0 Å². The summed E-state index contributed by atoms with van der Waals surface area (Å²) in [5.74, 6) is 1.97. The predicted molar refractivity (Wildman–Crippen MR) is 194 cm³/mol. The fraction of sp³-hybridized carbons (Fsp3) is 0.171. The standard InChI is InChI=1S/C41H38O2P2/c1-6-18-32(19-7-1)44(33-20-8-2-9-21-33)38-28-16-26-36-40(38)41-37(43-31-15-5-14-30-42-36)27-17-29-39(41)45(34-22-10-3-11-23-34)35-24-12-4-13-25-35/h1-4,6-13,16-28,39H,5,14-15,29-31H2/t39-/m0/s1. The molecule has 0 unspecified atom stereocenters. The molecule has 2 aliphatic rings. The first-order valence-corrected chi connectivity index (χ1v) is 18.7. The number of hydrogen-bond donors (Lipinski definition) is 0. The van der Waals surface area contributed by atoms with Crippen molar-refractivity contribution in [3.05, 3.63) is 163 Å². The summed E-state index contributed by atoms with van der Waals surface area (Å²) < 4.78 is 13.6. The molecule has 1 aliphatic heterocycles. The summed E-state index contributed by atoms with van der Waals surface area (Å²) in [5, 5.41) is 6.76. The summed E-state index contributed by atoms with van der Waals surface area (Å²) in [4.78, 5) is 0. The molecule has 4 heteroatoms. The third-order valence-corrected chi connectivity index (χ3v) is 13.7. The van der Waals surface area contributed by atoms with E-state index < -0.39 is 15.8 Å². The first kappa shape index (κ1) is 29.7. The van der Waals surface area contributed by atoms with Gasteiger partial charge in [0.1, 0.15) is 11.5 Å². The van der Waals surface area contributed by atoms with Crippen molar-refractivity contribution in [1.82, 2.24) is 0 Å². The number of allylic oxidation sites excluding steroid dienone is 3. The zero-order chi connectivity index (χ0) is 30.3. The van der Waals surface area contributed by atoms with E-state index >= 15 is 0 Å². The van der Waals surface area contributed by atoms with Gasteiger partial charge in [-0.2, -0.15) is 0 Å². The topological polar surface area (TPSA) is 18.5 Å². The fourth-order valence-corrected chi connectivity index (χ4v) is 11.8. The van der Waals surface area contributed by atoms with Gasteiger partial charge < -0.3 is 9.47 Å². The van der Waals surface area contributed by atoms with E-state index in [1.54, 1.807) is 0 Å². The van der Waals surface area contributed by atoms with Crippen LogP contribution in [0, 0.1) is 0 Å². The van der Waals surface area contributed by atoms with Crippen molar-refractivity contribution < 1.29 is 9.47 Å². The number of fused-ring (bicyclic) bond motifs is 2. The van der Waals surface area contributed by atoms with Gasteiger partial charge in [-0.25, -0.2) is 0 Å². The lowest BCUT2D eigenvalue weighted by Gasteiger charge is -2.35. The van der Waals surface area contributed by atoms with Crippen molar-refractivity contribution in [2.75, 3.05) is 13.2 Å². The van der Waals surface area contributed by atoms with Gasteiger partial charge in [0.2, 0.25) is 0 Å². The van der Waals surface area contributed by atoms with Crippen LogP contribution in [-0.2, 0) is 4.74 Å². The van der Waals surface area contributed by atoms with E-state index in [1.165, 1.54) is 37.7 Å². The minimum atomic E-state index is -0.869. The first-order valence-electron chi connectivity index (χ1n) is 16.0. The van der Waals surface area contributed by atoms with E-state index in [9.17, 15) is 0 Å². The highest BCUT2D eigenvalue weighted by Gasteiger charge is 2.36. The Morgan fingerprint density at radius 2 is 1.04 bits per heavy atom. The number of hydrogen-bond acceptors (Lipinski definition) is 2. The van der Waals surface area contributed by atoms with Crippen LogP contribution in [0.5, 0.6) is 5.75 Å². The summed E-state index contributed by atoms with van der Waals surface area (Å²) in [5.41, 5.74) is 2.74. The van der Waals surface area contributed by atoms with E-state index in [-0.39, 0.29) is 5.66 Å². The van der Waals surface area contributed by atoms with E-state index in [2.05, 4.69) is 152 Å². The molecule has 0 bridgehead atoms. The minimum Gasteiger partial charge on any atom is -0.493 e. The highest BCUT2D eigenvalue weighted by atomic mass is 31.1. The summed E-state index contributed by atoms with van der Waals surface area (Å²) >= 11 is 0. The molecular weight excluding hydrogens is 586 g/mol. The average molecular weight is 625 g/mol. The molecule has 0 fully saturated rings. The van der Waals surface area contributed by atoms with E-state index in [0.29, 0.717) is 13.2 Å². The molecule has 5 aromatic carbocycles. The highest BCUT2D eigenvalue weighted by molar-refractivity contribution is 7.80. The van der Waals surface area contributed by atoms with Crippen LogP contribution in [0.3, 0.4) is 0 Å². The quantitative estimate of drug-likeness (QED) is 0.177. The van der Waals surface area contributed by atoms with Crippen LogP contribution in [0.25, 0.3) is 5.57 Å². The van der Waals surface area contributed by atoms with Gasteiger partial charge in [-0.05, 0) is 80.2 Å². The molecule has 0 amide bonds. The van der Waals surface area contributed by atoms with Crippen LogP contribution < -0.4 is 31.3 Å². The molecule has 1 aliphatic carbocycles. The van der Waals surface area contributed by atoms with Crippen LogP contribution >= 0.6 is 15.8 Å². The summed E-state index contributed by atoms with van der Waals surface area (Å²) in [6, 6.07) is 51.0. The van der Waals surface area contributed by atoms with Crippen molar-refractivity contribution in [1.29, 1.82) is 0 Å². The van der Waals surface area contributed by atoms with Crippen LogP contribution in [0.1, 0.15) is 31.2 Å². The Balaban J connectivity index is 1.51. The number of benzene rings is 5. The van der Waals surface area contributed by atoms with Gasteiger partial charge in [-0.3, -0.25) is 0 Å². The second kappa shape index (κ2) is 14.4. The maximum atomic E-state index is 6.79. The molecule has 0 saturated carbocycles. The molecule has 7 rings (SSSR count). The van der Waals surface area contributed by atoms with E-state index in [0.717, 1.165) is 37.2 Å². The van der Waals surface area contributed by atoms with Crippen LogP contribution in [-0.4, -0.2) is 18.9 Å². The molecule has 0 N–H and O–H groups in total. The van der Waals surface area contributed by atoms with Gasteiger partial charge in [0.25, 0.3) is 0 Å². The molecule has 224 valence electrons. The SMILES string of the molecule is C1=CC2=C(c3c(cccc3P(c3ccccc3)c3ccccc3)OCCCCCO2)[C@@H](P(c2ccccc2)c2ccccc2)C1. The summed E-state index contributed by atoms with van der Waals surface area (Å²) in [6.45, 7) is 1.43. The van der Waals surface area contributed by atoms with Gasteiger partial charge in [0, 0.05) is 16.8 Å². The molecule has 0 spiro atoms. The summed E-state index contributed by atoms with van der Waals surface area (Å²) in [7, 11) is -1.63. The van der Waals surface area contributed by atoms with Gasteiger partial charge in [0.05, 0.1) is 13.2 Å². The Bertz CT molecular complexity index is 1670. The zero-order valence-electron chi connectivity index (χ0n) is 25.5. The van der Waals surface area contributed by atoms with Gasteiger partial charge in [-0.1, -0.05) is 140 Å².